The fourth-order valence-corrected chi connectivity index (χ4v) is 4.34. The molecule has 4 nitrogen and oxygen atoms in total. The second-order valence-electron chi connectivity index (χ2n) is 6.58. The number of hydrogen-bond acceptors (Lipinski definition) is 5. The molecule has 1 amide bonds. The van der Waals surface area contributed by atoms with Gasteiger partial charge in [-0.1, -0.05) is 72.5 Å². The van der Waals surface area contributed by atoms with Crippen LogP contribution in [-0.4, -0.2) is 29.3 Å². The number of amides is 1. The normalized spacial score (nSPS) is 15.4. The minimum Gasteiger partial charge on any atom is -0.493 e. The third-order valence-corrected chi connectivity index (χ3v) is 6.22. The topological polar surface area (TPSA) is 38.8 Å². The van der Waals surface area contributed by atoms with Crippen LogP contribution in [0.15, 0.2) is 65.6 Å². The van der Waals surface area contributed by atoms with E-state index in [0.717, 1.165) is 11.1 Å². The van der Waals surface area contributed by atoms with Gasteiger partial charge in [0.25, 0.3) is 5.91 Å². The molecule has 0 N–H and O–H groups in total. The molecular formula is C23H19NO3S2. The van der Waals surface area contributed by atoms with E-state index in [-0.39, 0.29) is 5.91 Å². The van der Waals surface area contributed by atoms with Crippen LogP contribution in [0.4, 0.5) is 0 Å². The third-order valence-electron chi connectivity index (χ3n) is 4.74. The molecule has 3 aromatic rings. The lowest BCUT2D eigenvalue weighted by atomic mass is 10.1. The number of thiocarbonyl (C=S) groups is 1. The number of carbonyl (C=O) groups is 1. The first kappa shape index (κ1) is 19.5. The Hall–Kier alpha value is -2.83. The van der Waals surface area contributed by atoms with Gasteiger partial charge in [-0.05, 0) is 40.1 Å². The summed E-state index contributed by atoms with van der Waals surface area (Å²) in [5.41, 5.74) is 1.97. The van der Waals surface area contributed by atoms with E-state index >= 15 is 0 Å². The third kappa shape index (κ3) is 3.99. The first-order valence-electron chi connectivity index (χ1n) is 9.06. The summed E-state index contributed by atoms with van der Waals surface area (Å²) in [6.45, 7) is 0.436. The van der Waals surface area contributed by atoms with E-state index in [1.807, 2.05) is 42.5 Å². The second kappa shape index (κ2) is 8.27. The van der Waals surface area contributed by atoms with Crippen molar-refractivity contribution in [2.75, 3.05) is 14.2 Å². The Bertz CT molecular complexity index is 1130. The minimum absolute atomic E-state index is 0.0877. The number of hydrogen-bond donors (Lipinski definition) is 0. The average Bonchev–Trinajstić information content (AvgIpc) is 2.99. The molecule has 0 spiro atoms. The van der Waals surface area contributed by atoms with Crippen molar-refractivity contribution in [1.29, 1.82) is 0 Å². The first-order chi connectivity index (χ1) is 14.1. The van der Waals surface area contributed by atoms with Crippen molar-refractivity contribution in [2.24, 2.45) is 0 Å². The zero-order valence-corrected chi connectivity index (χ0v) is 17.7. The van der Waals surface area contributed by atoms with E-state index < -0.39 is 0 Å². The maximum Gasteiger partial charge on any atom is 0.265 e. The van der Waals surface area contributed by atoms with Crippen LogP contribution in [0.5, 0.6) is 11.5 Å². The van der Waals surface area contributed by atoms with Crippen molar-refractivity contribution in [1.82, 2.24) is 4.90 Å². The number of nitrogens with zero attached hydrogens (tertiary/aromatic N) is 1. The Morgan fingerprint density at radius 2 is 1.86 bits per heavy atom. The number of thioether (sulfide) groups is 1. The maximum absolute atomic E-state index is 12.2. The van der Waals surface area contributed by atoms with Crippen LogP contribution >= 0.6 is 24.0 Å². The number of ether oxygens (including phenoxy) is 2. The van der Waals surface area contributed by atoms with Gasteiger partial charge in [-0.25, -0.2) is 0 Å². The van der Waals surface area contributed by atoms with Crippen LogP contribution in [0.25, 0.3) is 16.8 Å². The van der Waals surface area contributed by atoms with Crippen LogP contribution in [0.3, 0.4) is 0 Å². The molecule has 0 aromatic heterocycles. The van der Waals surface area contributed by atoms with Gasteiger partial charge in [0.05, 0.1) is 12.0 Å². The van der Waals surface area contributed by atoms with E-state index in [9.17, 15) is 4.79 Å². The largest absolute Gasteiger partial charge is 0.493 e. The van der Waals surface area contributed by atoms with Crippen LogP contribution < -0.4 is 9.47 Å². The Morgan fingerprint density at radius 3 is 2.62 bits per heavy atom. The van der Waals surface area contributed by atoms with Gasteiger partial charge in [0.1, 0.15) is 10.9 Å². The van der Waals surface area contributed by atoms with Gasteiger partial charge in [0.15, 0.2) is 11.5 Å². The molecule has 0 radical (unpaired) electrons. The lowest BCUT2D eigenvalue weighted by Gasteiger charge is -2.13. The predicted octanol–water partition coefficient (Wildman–Crippen LogP) is 5.26. The maximum atomic E-state index is 12.2. The van der Waals surface area contributed by atoms with Gasteiger partial charge in [-0.3, -0.25) is 9.69 Å². The number of methoxy groups -OCH3 is 1. The Labute approximate surface area is 179 Å². The minimum atomic E-state index is -0.0877. The van der Waals surface area contributed by atoms with Crippen molar-refractivity contribution in [3.05, 3.63) is 76.7 Å². The van der Waals surface area contributed by atoms with Crippen LogP contribution in [0.1, 0.15) is 11.1 Å². The summed E-state index contributed by atoms with van der Waals surface area (Å²) in [6.07, 6.45) is 1.82. The standard InChI is InChI=1S/C23H19NO3S2/c1-24-22(25)21(29-23(24)28)13-15-10-11-19(20(12-15)26-2)27-14-17-8-5-7-16-6-3-4-9-18(16)17/h3-13H,14H2,1-2H3/b21-13+. The second-order valence-corrected chi connectivity index (χ2v) is 8.25. The van der Waals surface area contributed by atoms with Crippen molar-refractivity contribution in [2.45, 2.75) is 6.61 Å². The van der Waals surface area contributed by atoms with E-state index in [4.69, 9.17) is 21.7 Å². The van der Waals surface area contributed by atoms with Gasteiger partial charge in [-0.15, -0.1) is 0 Å². The molecular weight excluding hydrogens is 402 g/mol. The quantitative estimate of drug-likeness (QED) is 0.415. The smallest absolute Gasteiger partial charge is 0.265 e. The zero-order chi connectivity index (χ0) is 20.4. The molecule has 0 saturated carbocycles. The van der Waals surface area contributed by atoms with Crippen molar-refractivity contribution in [3.8, 4) is 11.5 Å². The van der Waals surface area contributed by atoms with Crippen LogP contribution in [0.2, 0.25) is 0 Å². The fraction of sp³-hybridized carbons (Fsp3) is 0.130. The zero-order valence-electron chi connectivity index (χ0n) is 16.0. The van der Waals surface area contributed by atoms with Gasteiger partial charge < -0.3 is 9.47 Å². The molecule has 146 valence electrons. The molecule has 0 unspecified atom stereocenters. The van der Waals surface area contributed by atoms with E-state index in [1.54, 1.807) is 14.2 Å². The Balaban J connectivity index is 1.56. The number of carbonyl (C=O) groups excluding carboxylic acids is 1. The van der Waals surface area contributed by atoms with Gasteiger partial charge in [0, 0.05) is 7.05 Å². The summed E-state index contributed by atoms with van der Waals surface area (Å²) in [7, 11) is 3.29. The molecule has 6 heteroatoms. The summed E-state index contributed by atoms with van der Waals surface area (Å²) in [5.74, 6) is 1.18. The van der Waals surface area contributed by atoms with Crippen LogP contribution in [-0.2, 0) is 11.4 Å². The van der Waals surface area contributed by atoms with Crippen molar-refractivity contribution >= 4 is 51.1 Å². The summed E-state index contributed by atoms with van der Waals surface area (Å²) in [4.78, 5) is 14.3. The van der Waals surface area contributed by atoms with Crippen molar-refractivity contribution < 1.29 is 14.3 Å². The number of fused-ring (bicyclic) bond motifs is 1. The molecule has 1 heterocycles. The molecule has 0 bridgehead atoms. The van der Waals surface area contributed by atoms with Gasteiger partial charge >= 0.3 is 0 Å². The summed E-state index contributed by atoms with van der Waals surface area (Å²) in [5, 5.41) is 2.36. The molecule has 1 saturated heterocycles. The molecule has 29 heavy (non-hydrogen) atoms. The molecule has 1 aliphatic rings. The molecule has 0 atom stereocenters. The lowest BCUT2D eigenvalue weighted by Crippen LogP contribution is -2.22. The van der Waals surface area contributed by atoms with Crippen LogP contribution in [0, 0.1) is 0 Å². The van der Waals surface area contributed by atoms with E-state index in [2.05, 4.69) is 24.3 Å². The highest BCUT2D eigenvalue weighted by Gasteiger charge is 2.28. The summed E-state index contributed by atoms with van der Waals surface area (Å²) >= 11 is 6.48. The van der Waals surface area contributed by atoms with Gasteiger partial charge in [0.2, 0.25) is 0 Å². The average molecular weight is 422 g/mol. The summed E-state index contributed by atoms with van der Waals surface area (Å²) in [6, 6.07) is 20.1. The molecule has 1 fully saturated rings. The first-order valence-corrected chi connectivity index (χ1v) is 10.3. The molecule has 3 aromatic carbocycles. The highest BCUT2D eigenvalue weighted by Crippen LogP contribution is 2.34. The Kier molecular flexibility index (Phi) is 5.56. The number of rotatable bonds is 5. The van der Waals surface area contributed by atoms with E-state index in [0.29, 0.717) is 27.3 Å². The van der Waals surface area contributed by atoms with E-state index in [1.165, 1.54) is 27.4 Å². The monoisotopic (exact) mass is 421 g/mol. The highest BCUT2D eigenvalue weighted by molar-refractivity contribution is 8.26. The SMILES string of the molecule is COc1cc(/C=C2/SC(=S)N(C)C2=O)ccc1OCc1cccc2ccccc12. The molecule has 1 aliphatic heterocycles. The number of likely N-dealkylation sites (N-methyl/N-ethyl adjacent to an activating group) is 1. The highest BCUT2D eigenvalue weighted by atomic mass is 32.2. The lowest BCUT2D eigenvalue weighted by molar-refractivity contribution is -0.121. The molecule has 0 aliphatic carbocycles. The van der Waals surface area contributed by atoms with Gasteiger partial charge in [-0.2, -0.15) is 0 Å². The predicted molar refractivity (Wildman–Crippen MR) is 122 cm³/mol. The fourth-order valence-electron chi connectivity index (χ4n) is 3.16. The molecule has 4 rings (SSSR count). The Morgan fingerprint density at radius 1 is 1.07 bits per heavy atom. The number of benzene rings is 3. The summed E-state index contributed by atoms with van der Waals surface area (Å²) < 4.78 is 12.1. The van der Waals surface area contributed by atoms with Crippen molar-refractivity contribution in [3.63, 3.8) is 0 Å².